The van der Waals surface area contributed by atoms with Gasteiger partial charge in [0.25, 0.3) is 5.69 Å². The number of halogens is 6. The number of hydrogen-bond acceptors (Lipinski definition) is 11. The van der Waals surface area contributed by atoms with Gasteiger partial charge in [0.15, 0.2) is 0 Å². The molecule has 0 aliphatic heterocycles. The molecule has 0 atom stereocenters. The number of non-ortho nitro benzene ring substituents is 1. The minimum Gasteiger partial charge on any atom is -1.00 e. The van der Waals surface area contributed by atoms with Crippen LogP contribution >= 0.6 is 0 Å². The maximum absolute atomic E-state index is 12.8. The fourth-order valence-corrected chi connectivity index (χ4v) is 14.5. The lowest BCUT2D eigenvalue weighted by atomic mass is 10.1. The number of benzene rings is 7. The van der Waals surface area contributed by atoms with Gasteiger partial charge >= 0.3 is 0 Å². The summed E-state index contributed by atoms with van der Waals surface area (Å²) in [7, 11) is 7.58. The Morgan fingerprint density at radius 2 is 0.557 bits per heavy atom. The highest BCUT2D eigenvalue weighted by Crippen LogP contribution is 2.19. The van der Waals surface area contributed by atoms with E-state index in [2.05, 4.69) is 161 Å². The summed E-state index contributed by atoms with van der Waals surface area (Å²) in [4.78, 5) is 44.4. The van der Waals surface area contributed by atoms with Crippen molar-refractivity contribution in [3.05, 3.63) is 254 Å². The molecule has 21 heteroatoms. The summed E-state index contributed by atoms with van der Waals surface area (Å²) in [6.07, 6.45) is 44.0. The first-order valence-corrected chi connectivity index (χ1v) is 54.4. The quantitative estimate of drug-likeness (QED) is 0.00941. The molecule has 7 rings (SSSR count). The standard InChI is InChI=1S/C17H26FNO.C17H28FN.C16H36N.C12H27N.C11H14FNO.2C11H16FN.C11H16N2O2.C9H13N.C4H11N.BrH/c1-3-5-13-19(14-6-4-2)17(20)12-9-15-7-10-16(18)11-8-15;1-3-5-13-19(14-6-4-2)15-7-8-16-9-11-17(18)12-10-16;1-5-9-13-17(14-10-6-2,15-11-7-3)16-12-8-4;1-4-7-10-13(11-8-5-2)12-9-6-3;1-13(2)11(14)8-5-9-3-6-10(12)7-4-9;1-13(2)9-3-4-10-5-7-11(12)8-6-10;1-2-8-13-9-7-10-3-5-11(12)6-4-10;1-2-8-12-9-7-10-3-5-11(6-4-10)13(14)15;10-8-4-7-9-5-2-1-3-6-9;1-2-3-4-5;/h7-8,10-11H,3-6,9,12-14H2,1-2H3;9-12H,3-8,13-15H2,1-2H3;5-16H2,1-4H3;4-12H2,1-3H3;3-4,6-7H,5,8H2,1-2H3;5-8H,3-4,9H2,1-2H3;3-6,13H,2,7-9H2,1H3;3-6,12H,2,7-9H2,1H3;1-3,5-6H,4,7-8,10H2;2-5H2,1H3;1H/q;;+1;;;;;;;;/p-1. The molecular formula is C119H203BrF5N11O4. The lowest BCUT2D eigenvalue weighted by molar-refractivity contribution is -0.929. The molecular weight excluding hydrogens is 1820 g/mol. The molecule has 140 heavy (non-hydrogen) atoms. The van der Waals surface area contributed by atoms with Crippen molar-refractivity contribution < 1.29 is 57.9 Å². The molecule has 0 radical (unpaired) electrons. The highest BCUT2D eigenvalue weighted by Gasteiger charge is 2.25. The molecule has 7 aromatic rings. The van der Waals surface area contributed by atoms with Gasteiger partial charge in [-0.1, -0.05) is 277 Å². The summed E-state index contributed by atoms with van der Waals surface area (Å²) in [6, 6.07) is 50.1. The van der Waals surface area contributed by atoms with Crippen LogP contribution in [0, 0.1) is 39.2 Å². The molecule has 7 aromatic carbocycles. The molecule has 0 aliphatic rings. The van der Waals surface area contributed by atoms with Crippen LogP contribution < -0.4 is 39.1 Å². The fraction of sp³-hybridized carbons (Fsp3) is 0.630. The van der Waals surface area contributed by atoms with Crippen molar-refractivity contribution in [3.63, 3.8) is 0 Å². The molecule has 0 aliphatic carbocycles. The van der Waals surface area contributed by atoms with Crippen LogP contribution in [0.5, 0.6) is 0 Å². The summed E-state index contributed by atoms with van der Waals surface area (Å²) in [5.41, 5.74) is 18.8. The van der Waals surface area contributed by atoms with Crippen LogP contribution in [0.2, 0.25) is 0 Å². The first-order chi connectivity index (χ1) is 67.2. The molecule has 15 nitrogen and oxygen atoms in total. The van der Waals surface area contributed by atoms with Crippen molar-refractivity contribution in [3.8, 4) is 0 Å². The van der Waals surface area contributed by atoms with E-state index in [1.807, 2.05) is 59.5 Å². The first-order valence-electron chi connectivity index (χ1n) is 54.4. The van der Waals surface area contributed by atoms with Gasteiger partial charge in [0, 0.05) is 52.2 Å². The van der Waals surface area contributed by atoms with Crippen LogP contribution in [-0.4, -0.2) is 198 Å². The third-order valence-electron chi connectivity index (χ3n) is 23.6. The Kier molecular flexibility index (Phi) is 99.6. The average Bonchev–Trinajstić information content (AvgIpc) is 1.45. The zero-order chi connectivity index (χ0) is 104. The van der Waals surface area contributed by atoms with Gasteiger partial charge in [-0.05, 0) is 353 Å². The molecule has 6 N–H and O–H groups in total. The van der Waals surface area contributed by atoms with Gasteiger partial charge in [-0.25, -0.2) is 22.0 Å². The maximum atomic E-state index is 12.8. The van der Waals surface area contributed by atoms with Crippen molar-refractivity contribution in [2.45, 2.75) is 341 Å². The summed E-state index contributed by atoms with van der Waals surface area (Å²) >= 11 is 0. The number of quaternary nitrogens is 1. The number of nitrogens with two attached hydrogens (primary N) is 2. The summed E-state index contributed by atoms with van der Waals surface area (Å²) in [5.74, 6) is -0.622. The van der Waals surface area contributed by atoms with E-state index in [1.165, 1.54) is 269 Å². The van der Waals surface area contributed by atoms with Crippen LogP contribution in [-0.2, 0) is 54.5 Å². The zero-order valence-electron chi connectivity index (χ0n) is 91.7. The first kappa shape index (κ1) is 139. The second kappa shape index (κ2) is 100. The van der Waals surface area contributed by atoms with E-state index >= 15 is 0 Å². The van der Waals surface area contributed by atoms with Crippen LogP contribution in [0.25, 0.3) is 0 Å². The normalized spacial score (nSPS) is 10.5. The largest absolute Gasteiger partial charge is 1.00 e. The SMILES string of the molecule is CCCCN.CCCCN(CCCC)C(=O)CCc1ccc(F)cc1.CCCCN(CCCC)CCCC.CCCCN(CCCC)CCCc1ccc(F)cc1.CCCC[N+](CCCC)(CCCC)CCCC.CCCNCCc1ccc(F)cc1.CCCNCCc1ccc([N+](=O)[O-])cc1.CN(C)C(=O)CCc1ccc(F)cc1.CN(C)CCCc1ccc(F)cc1.NCCCc1ccccc1.[Br-]. The smallest absolute Gasteiger partial charge is 0.269 e. The molecule has 800 valence electrons. The van der Waals surface area contributed by atoms with Crippen molar-refractivity contribution in [1.82, 2.24) is 35.1 Å². The molecule has 0 heterocycles. The van der Waals surface area contributed by atoms with E-state index in [-0.39, 0.29) is 68.5 Å². The van der Waals surface area contributed by atoms with E-state index < -0.39 is 0 Å². The second-order valence-electron chi connectivity index (χ2n) is 37.1. The van der Waals surface area contributed by atoms with E-state index in [4.69, 9.17) is 11.5 Å². The maximum Gasteiger partial charge on any atom is 0.269 e. The molecule has 0 saturated carbocycles. The summed E-state index contributed by atoms with van der Waals surface area (Å²) in [5, 5.41) is 17.0. The number of carbonyl (C=O) groups is 2. The molecule has 0 saturated heterocycles. The number of carbonyl (C=O) groups excluding carboxylic acids is 2. The monoisotopic (exact) mass is 2020 g/mol. The lowest BCUT2D eigenvalue weighted by Gasteiger charge is -2.39. The van der Waals surface area contributed by atoms with Gasteiger partial charge in [0.1, 0.15) is 29.1 Å². The van der Waals surface area contributed by atoms with Gasteiger partial charge in [-0.2, -0.15) is 0 Å². The Morgan fingerprint density at radius 1 is 0.300 bits per heavy atom. The highest BCUT2D eigenvalue weighted by molar-refractivity contribution is 5.76. The van der Waals surface area contributed by atoms with Gasteiger partial charge in [0.2, 0.25) is 11.8 Å². The number of hydrogen-bond donors (Lipinski definition) is 4. The average molecular weight is 2030 g/mol. The predicted molar refractivity (Wildman–Crippen MR) is 590 cm³/mol. The summed E-state index contributed by atoms with van der Waals surface area (Å²) in [6.45, 7) is 53.0. The van der Waals surface area contributed by atoms with Gasteiger partial charge in [-0.3, -0.25) is 19.7 Å². The molecule has 2 amide bonds. The highest BCUT2D eigenvalue weighted by atomic mass is 79.9. The number of rotatable bonds is 63. The van der Waals surface area contributed by atoms with Gasteiger partial charge < -0.3 is 68.1 Å². The number of nitrogens with zero attached hydrogens (tertiary/aromatic N) is 7. The Bertz CT molecular complexity index is 3730. The fourth-order valence-electron chi connectivity index (χ4n) is 14.5. The lowest BCUT2D eigenvalue weighted by Crippen LogP contribution is -3.00. The summed E-state index contributed by atoms with van der Waals surface area (Å²) < 4.78 is 64.6. The predicted octanol–water partition coefficient (Wildman–Crippen LogP) is 25.5. The second-order valence-corrected chi connectivity index (χ2v) is 37.1. The van der Waals surface area contributed by atoms with E-state index in [1.54, 1.807) is 67.5 Å². The van der Waals surface area contributed by atoms with Crippen molar-refractivity contribution in [2.75, 3.05) is 153 Å². The molecule has 0 spiro atoms. The Morgan fingerprint density at radius 3 is 0.829 bits per heavy atom. The third kappa shape index (κ3) is 85.1. The Hall–Kier alpha value is -7.31. The number of amides is 2. The minimum absolute atomic E-state index is 0. The molecule has 0 unspecified atom stereocenters. The van der Waals surface area contributed by atoms with Crippen LogP contribution in [0.1, 0.15) is 335 Å². The number of nitrogens with one attached hydrogen (secondary N) is 2. The molecule has 0 bridgehead atoms. The minimum atomic E-state index is -0.376. The van der Waals surface area contributed by atoms with E-state index in [0.717, 1.165) is 166 Å². The van der Waals surface area contributed by atoms with Crippen molar-refractivity contribution >= 4 is 17.5 Å². The number of nitro benzene ring substituents is 1. The zero-order valence-corrected chi connectivity index (χ0v) is 93.3. The van der Waals surface area contributed by atoms with Crippen molar-refractivity contribution in [2.24, 2.45) is 11.5 Å². The van der Waals surface area contributed by atoms with E-state index in [0.29, 0.717) is 25.7 Å². The number of unbranched alkanes of at least 4 members (excludes halogenated alkanes) is 12. The van der Waals surface area contributed by atoms with Gasteiger partial charge in [0.05, 0.1) is 31.1 Å². The molecule has 0 fully saturated rings. The number of nitro groups is 1. The van der Waals surface area contributed by atoms with Crippen LogP contribution in [0.4, 0.5) is 27.6 Å². The molecule has 0 aromatic heterocycles. The Balaban J connectivity index is -0.000000742. The topological polar surface area (TPSA) is 170 Å². The third-order valence-corrected chi connectivity index (χ3v) is 23.6. The number of aryl methyl sites for hydroxylation is 5. The van der Waals surface area contributed by atoms with Crippen LogP contribution in [0.15, 0.2) is 176 Å². The van der Waals surface area contributed by atoms with Gasteiger partial charge in [-0.15, -0.1) is 0 Å². The Labute approximate surface area is 864 Å². The van der Waals surface area contributed by atoms with Crippen LogP contribution in [0.3, 0.4) is 0 Å². The van der Waals surface area contributed by atoms with E-state index in [9.17, 15) is 41.7 Å². The van der Waals surface area contributed by atoms with Crippen molar-refractivity contribution in [1.29, 1.82) is 0 Å².